The molecular weight excluding hydrogens is 350 g/mol. The largest absolute Gasteiger partial charge is 0.295 e. The van der Waals surface area contributed by atoms with Crippen LogP contribution in [0.4, 0.5) is 0 Å². The maximum absolute atomic E-state index is 4.43. The van der Waals surface area contributed by atoms with Gasteiger partial charge in [-0.3, -0.25) is 14.5 Å². The lowest BCUT2D eigenvalue weighted by Gasteiger charge is -2.08. The fourth-order valence-corrected chi connectivity index (χ4v) is 3.99. The molecule has 0 saturated carbocycles. The minimum atomic E-state index is 0.745. The van der Waals surface area contributed by atoms with E-state index in [0.29, 0.717) is 0 Å². The molecule has 0 aliphatic rings. The molecule has 0 aliphatic carbocycles. The van der Waals surface area contributed by atoms with Crippen LogP contribution < -0.4 is 0 Å². The zero-order chi connectivity index (χ0) is 16.9. The summed E-state index contributed by atoms with van der Waals surface area (Å²) in [7, 11) is 0. The van der Waals surface area contributed by atoms with E-state index in [9.17, 15) is 0 Å². The number of hydrogen-bond acceptors (Lipinski definition) is 6. The second-order valence-electron chi connectivity index (χ2n) is 5.33. The highest BCUT2D eigenvalue weighted by Gasteiger charge is 2.16. The van der Waals surface area contributed by atoms with Gasteiger partial charge in [0.15, 0.2) is 11.0 Å². The number of thioether (sulfide) groups is 1. The molecule has 25 heavy (non-hydrogen) atoms. The molecule has 0 aliphatic heterocycles. The van der Waals surface area contributed by atoms with Crippen LogP contribution in [-0.4, -0.2) is 24.7 Å². The van der Waals surface area contributed by atoms with Crippen molar-refractivity contribution in [3.05, 3.63) is 76.9 Å². The van der Waals surface area contributed by atoms with E-state index < -0.39 is 0 Å². The van der Waals surface area contributed by atoms with Gasteiger partial charge in [-0.25, -0.2) is 0 Å². The Morgan fingerprint density at radius 1 is 0.960 bits per heavy atom. The van der Waals surface area contributed by atoms with E-state index in [1.54, 1.807) is 29.3 Å². The molecule has 4 aromatic rings. The predicted molar refractivity (Wildman–Crippen MR) is 100 cm³/mol. The van der Waals surface area contributed by atoms with Crippen molar-refractivity contribution in [1.29, 1.82) is 0 Å². The Morgan fingerprint density at radius 3 is 2.64 bits per heavy atom. The van der Waals surface area contributed by atoms with Crippen molar-refractivity contribution >= 4 is 23.1 Å². The standard InChI is InChI=1S/C18H15N5S2/c1-2-8-20-16(5-1)17-21-22-18(23(17)12-15-4-3-11-24-15)25-13-14-6-9-19-10-7-14/h1-11H,12-13H2. The van der Waals surface area contributed by atoms with Crippen LogP contribution in [-0.2, 0) is 12.3 Å². The minimum Gasteiger partial charge on any atom is -0.295 e. The molecule has 0 N–H and O–H groups in total. The summed E-state index contributed by atoms with van der Waals surface area (Å²) in [6.07, 6.45) is 5.40. The first-order valence-corrected chi connectivity index (χ1v) is 9.65. The molecule has 0 fully saturated rings. The van der Waals surface area contributed by atoms with E-state index >= 15 is 0 Å². The molecule has 4 rings (SSSR count). The highest BCUT2D eigenvalue weighted by atomic mass is 32.2. The lowest BCUT2D eigenvalue weighted by Crippen LogP contribution is -2.03. The number of nitrogens with zero attached hydrogens (tertiary/aromatic N) is 5. The van der Waals surface area contributed by atoms with Crippen LogP contribution in [0, 0.1) is 0 Å². The monoisotopic (exact) mass is 365 g/mol. The molecule has 5 nitrogen and oxygen atoms in total. The average molecular weight is 365 g/mol. The van der Waals surface area contributed by atoms with Gasteiger partial charge in [0, 0.05) is 29.2 Å². The summed E-state index contributed by atoms with van der Waals surface area (Å²) in [6.45, 7) is 0.745. The van der Waals surface area contributed by atoms with Gasteiger partial charge < -0.3 is 0 Å². The molecule has 4 heterocycles. The maximum atomic E-state index is 4.43. The summed E-state index contributed by atoms with van der Waals surface area (Å²) in [5.41, 5.74) is 2.05. The average Bonchev–Trinajstić information content (AvgIpc) is 3.32. The zero-order valence-electron chi connectivity index (χ0n) is 13.3. The van der Waals surface area contributed by atoms with Crippen molar-refractivity contribution in [3.63, 3.8) is 0 Å². The summed E-state index contributed by atoms with van der Waals surface area (Å²) >= 11 is 3.41. The molecule has 4 aromatic heterocycles. The van der Waals surface area contributed by atoms with E-state index in [2.05, 4.69) is 42.2 Å². The topological polar surface area (TPSA) is 56.5 Å². The van der Waals surface area contributed by atoms with Gasteiger partial charge >= 0.3 is 0 Å². The molecule has 0 spiro atoms. The molecule has 0 unspecified atom stereocenters. The molecule has 7 heteroatoms. The predicted octanol–water partition coefficient (Wildman–Crippen LogP) is 4.14. The van der Waals surface area contributed by atoms with Gasteiger partial charge in [0.05, 0.1) is 6.54 Å². The van der Waals surface area contributed by atoms with Crippen LogP contribution in [0.25, 0.3) is 11.5 Å². The fourth-order valence-electron chi connectivity index (χ4n) is 2.41. The second kappa shape index (κ2) is 7.58. The highest BCUT2D eigenvalue weighted by Crippen LogP contribution is 2.27. The lowest BCUT2D eigenvalue weighted by molar-refractivity contribution is 0.721. The Morgan fingerprint density at radius 2 is 1.88 bits per heavy atom. The third-order valence-electron chi connectivity index (χ3n) is 3.62. The number of rotatable bonds is 6. The molecule has 0 bridgehead atoms. The summed E-state index contributed by atoms with van der Waals surface area (Å²) in [4.78, 5) is 9.76. The van der Waals surface area contributed by atoms with Crippen LogP contribution in [0.5, 0.6) is 0 Å². The van der Waals surface area contributed by atoms with Crippen LogP contribution in [0.2, 0.25) is 0 Å². The number of aromatic nitrogens is 5. The smallest absolute Gasteiger partial charge is 0.192 e. The molecule has 0 aromatic carbocycles. The quantitative estimate of drug-likeness (QED) is 0.481. The number of pyridine rings is 2. The molecule has 0 amide bonds. The summed E-state index contributed by atoms with van der Waals surface area (Å²) < 4.78 is 2.14. The summed E-state index contributed by atoms with van der Waals surface area (Å²) in [5, 5.41) is 11.8. The fraction of sp³-hybridized carbons (Fsp3) is 0.111. The van der Waals surface area contributed by atoms with Gasteiger partial charge in [-0.05, 0) is 41.3 Å². The summed E-state index contributed by atoms with van der Waals surface area (Å²) in [5.74, 6) is 1.62. The van der Waals surface area contributed by atoms with E-state index in [1.807, 2.05) is 42.7 Å². The van der Waals surface area contributed by atoms with Gasteiger partial charge in [0.1, 0.15) is 5.69 Å². The van der Waals surface area contributed by atoms with E-state index in [4.69, 9.17) is 0 Å². The van der Waals surface area contributed by atoms with Crippen molar-refractivity contribution in [2.45, 2.75) is 17.5 Å². The van der Waals surface area contributed by atoms with Crippen molar-refractivity contribution in [3.8, 4) is 11.5 Å². The third-order valence-corrected chi connectivity index (χ3v) is 5.52. The Kier molecular flexibility index (Phi) is 4.85. The summed E-state index contributed by atoms with van der Waals surface area (Å²) in [6, 6.07) is 14.1. The first-order valence-electron chi connectivity index (χ1n) is 7.79. The minimum absolute atomic E-state index is 0.745. The third kappa shape index (κ3) is 3.78. The first kappa shape index (κ1) is 16.0. The van der Waals surface area contributed by atoms with Gasteiger partial charge in [0.2, 0.25) is 0 Å². The van der Waals surface area contributed by atoms with E-state index in [1.165, 1.54) is 10.4 Å². The maximum Gasteiger partial charge on any atom is 0.192 e. The molecule has 0 atom stereocenters. The van der Waals surface area contributed by atoms with Crippen molar-refractivity contribution < 1.29 is 0 Å². The van der Waals surface area contributed by atoms with Crippen molar-refractivity contribution in [2.75, 3.05) is 0 Å². The van der Waals surface area contributed by atoms with Crippen molar-refractivity contribution in [2.24, 2.45) is 0 Å². The van der Waals surface area contributed by atoms with Crippen LogP contribution in [0.3, 0.4) is 0 Å². The molecule has 0 radical (unpaired) electrons. The Bertz CT molecular complexity index is 921. The van der Waals surface area contributed by atoms with Crippen LogP contribution in [0.1, 0.15) is 10.4 Å². The van der Waals surface area contributed by atoms with Crippen LogP contribution >= 0.6 is 23.1 Å². The SMILES string of the molecule is c1ccc(-c2nnc(SCc3ccncc3)n2Cc2cccs2)nc1. The highest BCUT2D eigenvalue weighted by molar-refractivity contribution is 7.98. The first-order chi connectivity index (χ1) is 12.4. The van der Waals surface area contributed by atoms with Crippen molar-refractivity contribution in [1.82, 2.24) is 24.7 Å². The molecule has 0 saturated heterocycles. The lowest BCUT2D eigenvalue weighted by atomic mass is 10.3. The van der Waals surface area contributed by atoms with Gasteiger partial charge in [-0.2, -0.15) is 0 Å². The normalized spacial score (nSPS) is 10.9. The Labute approximate surface area is 153 Å². The van der Waals surface area contributed by atoms with Gasteiger partial charge in [-0.15, -0.1) is 21.5 Å². The number of hydrogen-bond donors (Lipinski definition) is 0. The zero-order valence-corrected chi connectivity index (χ0v) is 15.0. The Balaban J connectivity index is 1.65. The number of thiophene rings is 1. The van der Waals surface area contributed by atoms with Gasteiger partial charge in [-0.1, -0.05) is 23.9 Å². The molecular formula is C18H15N5S2. The molecule has 124 valence electrons. The van der Waals surface area contributed by atoms with E-state index in [-0.39, 0.29) is 0 Å². The van der Waals surface area contributed by atoms with Crippen LogP contribution in [0.15, 0.2) is 71.6 Å². The van der Waals surface area contributed by atoms with Gasteiger partial charge in [0.25, 0.3) is 0 Å². The van der Waals surface area contributed by atoms with E-state index in [0.717, 1.165) is 29.0 Å². The Hall–Kier alpha value is -2.51. The second-order valence-corrected chi connectivity index (χ2v) is 7.31.